The zero-order valence-electron chi connectivity index (χ0n) is 2.46. The third-order valence-corrected chi connectivity index (χ3v) is 0.414. The van der Waals surface area contributed by atoms with Crippen LogP contribution in [-0.2, 0) is 0 Å². The van der Waals surface area contributed by atoms with Crippen LogP contribution in [0.15, 0.2) is 0 Å². The number of hydrogen-bond donors (Lipinski definition) is 0. The summed E-state index contributed by atoms with van der Waals surface area (Å²) >= 11 is 2.71. The van der Waals surface area contributed by atoms with Crippen molar-refractivity contribution in [1.29, 1.82) is 0 Å². The van der Waals surface area contributed by atoms with Crippen molar-refractivity contribution in [2.75, 3.05) is 6.67 Å². The first-order chi connectivity index (χ1) is 2.41. The Bertz CT molecular complexity index is 59.0. The average Bonchev–Trinajstić information content (AvgIpc) is 1.41. The second-order valence-corrected chi connectivity index (χ2v) is 0.801. The van der Waals surface area contributed by atoms with E-state index in [1.165, 1.54) is 0 Å². The van der Waals surface area contributed by atoms with E-state index in [2.05, 4.69) is 26.7 Å². The predicted molar refractivity (Wildman–Crippen MR) is 22.7 cm³/mol. The van der Waals surface area contributed by atoms with Crippen LogP contribution in [-0.4, -0.2) is 6.67 Å². The van der Waals surface area contributed by atoms with Gasteiger partial charge in [0.25, 0.3) is 0 Å². The molecule has 0 nitrogen and oxygen atoms in total. The molecule has 0 spiro atoms. The number of alkyl halides is 1. The highest BCUT2D eigenvalue weighted by Crippen LogP contribution is 1.67. The lowest BCUT2D eigenvalue weighted by molar-refractivity contribution is 0.573. The van der Waals surface area contributed by atoms with Gasteiger partial charge in [-0.25, -0.2) is 4.39 Å². The van der Waals surface area contributed by atoms with E-state index in [9.17, 15) is 4.39 Å². The van der Waals surface area contributed by atoms with Gasteiger partial charge in [-0.05, 0) is 4.83 Å². The molecule has 0 saturated heterocycles. The lowest BCUT2D eigenvalue weighted by Gasteiger charge is -1.53. The van der Waals surface area contributed by atoms with Crippen LogP contribution in [0.25, 0.3) is 0 Å². The Morgan fingerprint density at radius 2 is 2.40 bits per heavy atom. The molecule has 0 amide bonds. The van der Waals surface area contributed by atoms with Gasteiger partial charge in [-0.1, -0.05) is 5.92 Å². The summed E-state index contributed by atoms with van der Waals surface area (Å²) in [5.74, 6) is 2.11. The average molecular weight is 137 g/mol. The summed E-state index contributed by atoms with van der Waals surface area (Å²) in [4.78, 5) is 2.20. The van der Waals surface area contributed by atoms with Crippen molar-refractivity contribution in [3.63, 3.8) is 0 Å². The van der Waals surface area contributed by atoms with Gasteiger partial charge < -0.3 is 0 Å². The van der Waals surface area contributed by atoms with Crippen molar-refractivity contribution >= 4 is 15.9 Å². The van der Waals surface area contributed by atoms with Crippen LogP contribution >= 0.6 is 15.9 Å². The monoisotopic (exact) mass is 136 g/mol. The zero-order chi connectivity index (χ0) is 4.12. The molecule has 0 saturated carbocycles. The third-order valence-electron chi connectivity index (χ3n) is 0.134. The van der Waals surface area contributed by atoms with Crippen LogP contribution in [0.4, 0.5) is 4.39 Å². The summed E-state index contributed by atoms with van der Waals surface area (Å²) in [6.07, 6.45) is 0. The summed E-state index contributed by atoms with van der Waals surface area (Å²) in [5.41, 5.74) is 0. The van der Waals surface area contributed by atoms with E-state index in [1.807, 2.05) is 0 Å². The van der Waals surface area contributed by atoms with Crippen LogP contribution in [0.1, 0.15) is 0 Å². The molecular weight excluding hydrogens is 135 g/mol. The maximum Gasteiger partial charge on any atom is 0.151 e. The van der Waals surface area contributed by atoms with Gasteiger partial charge in [0.1, 0.15) is 0 Å². The molecular formula is C3H2BrF. The molecule has 0 aromatic heterocycles. The number of rotatable bonds is 0. The van der Waals surface area contributed by atoms with Gasteiger partial charge in [-0.2, -0.15) is 0 Å². The largest absolute Gasteiger partial charge is 0.237 e. The predicted octanol–water partition coefficient (Wildman–Crippen LogP) is 1.31. The molecule has 0 bridgehead atoms. The summed E-state index contributed by atoms with van der Waals surface area (Å²) in [6, 6.07) is 0. The molecule has 0 aliphatic heterocycles. The second kappa shape index (κ2) is 3.97. The van der Waals surface area contributed by atoms with Crippen LogP contribution in [0.2, 0.25) is 0 Å². The van der Waals surface area contributed by atoms with Crippen molar-refractivity contribution in [3.8, 4) is 10.8 Å². The van der Waals surface area contributed by atoms with Crippen molar-refractivity contribution in [1.82, 2.24) is 0 Å². The molecule has 2 heteroatoms. The quantitative estimate of drug-likeness (QED) is 0.441. The molecule has 0 rings (SSSR count). The molecule has 0 unspecified atom stereocenters. The summed E-state index contributed by atoms with van der Waals surface area (Å²) < 4.78 is 10.8. The van der Waals surface area contributed by atoms with Gasteiger partial charge in [0, 0.05) is 15.9 Å². The topological polar surface area (TPSA) is 0 Å². The second-order valence-electron chi connectivity index (χ2n) is 0.405. The molecule has 0 fully saturated rings. The first-order valence-electron chi connectivity index (χ1n) is 1.06. The molecule has 0 heterocycles. The number of hydrogen-bond acceptors (Lipinski definition) is 0. The molecule has 0 aromatic carbocycles. The van der Waals surface area contributed by atoms with Gasteiger partial charge in [-0.15, -0.1) is 0 Å². The Kier molecular flexibility index (Phi) is 3.95. The molecule has 0 radical (unpaired) electrons. The van der Waals surface area contributed by atoms with Crippen molar-refractivity contribution in [3.05, 3.63) is 0 Å². The van der Waals surface area contributed by atoms with Crippen LogP contribution < -0.4 is 0 Å². The van der Waals surface area contributed by atoms with Crippen LogP contribution in [0, 0.1) is 10.8 Å². The first-order valence-corrected chi connectivity index (χ1v) is 1.85. The van der Waals surface area contributed by atoms with E-state index >= 15 is 0 Å². The molecule has 0 atom stereocenters. The van der Waals surface area contributed by atoms with E-state index in [0.29, 0.717) is 0 Å². The lowest BCUT2D eigenvalue weighted by Crippen LogP contribution is -1.53. The Morgan fingerprint density at radius 1 is 1.80 bits per heavy atom. The third kappa shape index (κ3) is 3.97. The Morgan fingerprint density at radius 3 is 2.40 bits per heavy atom. The van der Waals surface area contributed by atoms with Gasteiger partial charge in [0.2, 0.25) is 0 Å². The Hall–Kier alpha value is -0.0300. The maximum absolute atomic E-state index is 10.8. The van der Waals surface area contributed by atoms with Crippen molar-refractivity contribution < 1.29 is 4.39 Å². The SMILES string of the molecule is FCC#CBr. The van der Waals surface area contributed by atoms with Gasteiger partial charge in [0.05, 0.1) is 0 Å². The van der Waals surface area contributed by atoms with Crippen LogP contribution in [0.5, 0.6) is 0 Å². The zero-order valence-corrected chi connectivity index (χ0v) is 4.05. The molecule has 0 aromatic rings. The van der Waals surface area contributed by atoms with Crippen LogP contribution in [0.3, 0.4) is 0 Å². The van der Waals surface area contributed by atoms with Crippen molar-refractivity contribution in [2.24, 2.45) is 0 Å². The molecule has 0 aliphatic carbocycles. The van der Waals surface area contributed by atoms with E-state index in [-0.39, 0.29) is 0 Å². The summed E-state index contributed by atoms with van der Waals surface area (Å²) in [6.45, 7) is -0.564. The maximum atomic E-state index is 10.8. The number of halogens is 2. The molecule has 0 aliphatic rings. The minimum Gasteiger partial charge on any atom is -0.237 e. The Labute approximate surface area is 38.5 Å². The lowest BCUT2D eigenvalue weighted by atomic mass is 10.8. The molecule has 5 heavy (non-hydrogen) atoms. The fourth-order valence-electron chi connectivity index (χ4n) is 0.0253. The van der Waals surface area contributed by atoms with E-state index in [0.717, 1.165) is 0 Å². The molecule has 28 valence electrons. The van der Waals surface area contributed by atoms with Crippen molar-refractivity contribution in [2.45, 2.75) is 0 Å². The standard InChI is InChI=1S/C3H2BrF/c4-2-1-3-5/h3H2. The first kappa shape index (κ1) is 4.97. The minimum atomic E-state index is -0.564. The fraction of sp³-hybridized carbons (Fsp3) is 0.333. The smallest absolute Gasteiger partial charge is 0.151 e. The normalized spacial score (nSPS) is 5.20. The van der Waals surface area contributed by atoms with E-state index < -0.39 is 6.67 Å². The highest BCUT2D eigenvalue weighted by atomic mass is 79.9. The Balaban J connectivity index is 2.81. The van der Waals surface area contributed by atoms with E-state index in [1.54, 1.807) is 0 Å². The summed E-state index contributed by atoms with van der Waals surface area (Å²) in [5, 5.41) is 0. The van der Waals surface area contributed by atoms with E-state index in [4.69, 9.17) is 0 Å². The highest BCUT2D eigenvalue weighted by molar-refractivity contribution is 9.12. The highest BCUT2D eigenvalue weighted by Gasteiger charge is 1.54. The van der Waals surface area contributed by atoms with Gasteiger partial charge in [0.15, 0.2) is 6.67 Å². The summed E-state index contributed by atoms with van der Waals surface area (Å²) in [7, 11) is 0. The molecule has 0 N–H and O–H groups in total. The van der Waals surface area contributed by atoms with Gasteiger partial charge in [-0.3, -0.25) is 0 Å². The van der Waals surface area contributed by atoms with Gasteiger partial charge >= 0.3 is 0 Å². The minimum absolute atomic E-state index is 0.564. The fourth-order valence-corrected chi connectivity index (χ4v) is 0.131.